The summed E-state index contributed by atoms with van der Waals surface area (Å²) in [5.41, 5.74) is 2.92. The van der Waals surface area contributed by atoms with E-state index in [4.69, 9.17) is 0 Å². The molecule has 2 aromatic rings. The van der Waals surface area contributed by atoms with Crippen LogP contribution in [0.1, 0.15) is 48.9 Å². The normalized spacial score (nSPS) is 31.8. The number of nitrogens with one attached hydrogen (secondary N) is 1. The van der Waals surface area contributed by atoms with Gasteiger partial charge in [0.15, 0.2) is 0 Å². The average Bonchev–Trinajstić information content (AvgIpc) is 2.57. The second-order valence-electron chi connectivity index (χ2n) is 6.63. The second-order valence-corrected chi connectivity index (χ2v) is 6.63. The third-order valence-electron chi connectivity index (χ3n) is 5.37. The first-order valence-electron chi connectivity index (χ1n) is 8.28. The average molecular weight is 277 g/mol. The fourth-order valence-corrected chi connectivity index (χ4v) is 4.40. The molecule has 0 aromatic heterocycles. The van der Waals surface area contributed by atoms with Crippen LogP contribution in [0.5, 0.6) is 0 Å². The monoisotopic (exact) mass is 277 g/mol. The summed E-state index contributed by atoms with van der Waals surface area (Å²) in [5, 5.41) is 3.99. The molecule has 2 aromatic carbocycles. The molecule has 0 amide bonds. The maximum atomic E-state index is 3.99. The predicted molar refractivity (Wildman–Crippen MR) is 86.9 cm³/mol. The van der Waals surface area contributed by atoms with Crippen LogP contribution in [0.4, 0.5) is 0 Å². The predicted octanol–water partition coefficient (Wildman–Crippen LogP) is 4.88. The molecule has 2 fully saturated rings. The molecule has 0 spiro atoms. The van der Waals surface area contributed by atoms with E-state index in [1.165, 1.54) is 36.8 Å². The number of benzene rings is 2. The molecule has 1 saturated carbocycles. The van der Waals surface area contributed by atoms with E-state index in [1.807, 2.05) is 0 Å². The summed E-state index contributed by atoms with van der Waals surface area (Å²) in [4.78, 5) is 0. The van der Waals surface area contributed by atoms with E-state index in [1.54, 1.807) is 0 Å². The molecule has 1 saturated heterocycles. The lowest BCUT2D eigenvalue weighted by atomic mass is 9.68. The van der Waals surface area contributed by atoms with Crippen LogP contribution >= 0.6 is 0 Å². The number of rotatable bonds is 2. The minimum Gasteiger partial charge on any atom is -0.303 e. The van der Waals surface area contributed by atoms with E-state index in [-0.39, 0.29) is 0 Å². The minimum atomic E-state index is 0.521. The number of hydrogen-bond acceptors (Lipinski definition) is 1. The lowest BCUT2D eigenvalue weighted by Gasteiger charge is -2.46. The largest absolute Gasteiger partial charge is 0.303 e. The van der Waals surface area contributed by atoms with Crippen molar-refractivity contribution >= 4 is 0 Å². The quantitative estimate of drug-likeness (QED) is 0.825. The van der Waals surface area contributed by atoms with Crippen molar-refractivity contribution in [2.24, 2.45) is 11.8 Å². The van der Waals surface area contributed by atoms with Crippen LogP contribution in [0.2, 0.25) is 0 Å². The minimum absolute atomic E-state index is 0.521. The smallest absolute Gasteiger partial charge is 0.0354 e. The lowest BCUT2D eigenvalue weighted by molar-refractivity contribution is 0.107. The Morgan fingerprint density at radius 2 is 1.14 bits per heavy atom. The molecular formula is C20H23N. The summed E-state index contributed by atoms with van der Waals surface area (Å²) >= 11 is 0. The van der Waals surface area contributed by atoms with Gasteiger partial charge < -0.3 is 5.32 Å². The van der Waals surface area contributed by atoms with Gasteiger partial charge in [0, 0.05) is 12.1 Å². The van der Waals surface area contributed by atoms with Crippen molar-refractivity contribution in [2.45, 2.75) is 37.8 Å². The van der Waals surface area contributed by atoms with Crippen LogP contribution in [0.25, 0.3) is 0 Å². The van der Waals surface area contributed by atoms with E-state index < -0.39 is 0 Å². The summed E-state index contributed by atoms with van der Waals surface area (Å²) in [6.45, 7) is 0. The fraction of sp³-hybridized carbons (Fsp3) is 0.400. The van der Waals surface area contributed by atoms with Crippen molar-refractivity contribution in [1.29, 1.82) is 0 Å². The summed E-state index contributed by atoms with van der Waals surface area (Å²) < 4.78 is 0. The van der Waals surface area contributed by atoms with Gasteiger partial charge in [-0.15, -0.1) is 0 Å². The van der Waals surface area contributed by atoms with Crippen molar-refractivity contribution < 1.29 is 0 Å². The van der Waals surface area contributed by atoms with Crippen molar-refractivity contribution in [3.63, 3.8) is 0 Å². The molecule has 1 nitrogen and oxygen atoms in total. The van der Waals surface area contributed by atoms with E-state index in [9.17, 15) is 0 Å². The molecule has 1 aliphatic carbocycles. The van der Waals surface area contributed by atoms with Gasteiger partial charge in [-0.25, -0.2) is 0 Å². The highest BCUT2D eigenvalue weighted by Crippen LogP contribution is 2.47. The maximum absolute atomic E-state index is 3.99. The zero-order valence-corrected chi connectivity index (χ0v) is 12.4. The molecule has 1 N–H and O–H groups in total. The molecule has 2 bridgehead atoms. The number of hydrogen-bond donors (Lipinski definition) is 1. The van der Waals surface area contributed by atoms with Crippen molar-refractivity contribution in [2.75, 3.05) is 0 Å². The Morgan fingerprint density at radius 1 is 0.667 bits per heavy atom. The molecular weight excluding hydrogens is 254 g/mol. The van der Waals surface area contributed by atoms with Gasteiger partial charge in [-0.1, -0.05) is 67.1 Å². The van der Waals surface area contributed by atoms with Crippen molar-refractivity contribution in [3.05, 3.63) is 71.8 Å². The SMILES string of the molecule is c1ccc([C@H]2N[C@@H](c3ccccc3)[C@@H]3CCC[C@H]2C3)cc1. The van der Waals surface area contributed by atoms with Gasteiger partial charge in [0.25, 0.3) is 0 Å². The molecule has 4 atom stereocenters. The molecule has 2 aliphatic rings. The van der Waals surface area contributed by atoms with Crippen LogP contribution in [0, 0.1) is 11.8 Å². The van der Waals surface area contributed by atoms with E-state index in [2.05, 4.69) is 66.0 Å². The number of fused-ring (bicyclic) bond motifs is 2. The van der Waals surface area contributed by atoms with Gasteiger partial charge >= 0.3 is 0 Å². The highest BCUT2D eigenvalue weighted by atomic mass is 15.0. The zero-order chi connectivity index (χ0) is 14.1. The molecule has 0 radical (unpaired) electrons. The van der Waals surface area contributed by atoms with Crippen LogP contribution in [-0.2, 0) is 0 Å². The Kier molecular flexibility index (Phi) is 3.52. The first kappa shape index (κ1) is 13.1. The van der Waals surface area contributed by atoms with Crippen LogP contribution in [0.15, 0.2) is 60.7 Å². The third-order valence-corrected chi connectivity index (χ3v) is 5.37. The summed E-state index contributed by atoms with van der Waals surface area (Å²) in [6.07, 6.45) is 5.53. The third kappa shape index (κ3) is 2.51. The Hall–Kier alpha value is -1.60. The van der Waals surface area contributed by atoms with Crippen LogP contribution < -0.4 is 5.32 Å². The number of piperidine rings is 1. The van der Waals surface area contributed by atoms with Gasteiger partial charge in [-0.05, 0) is 42.2 Å². The molecule has 21 heavy (non-hydrogen) atoms. The molecule has 1 heteroatoms. The van der Waals surface area contributed by atoms with E-state index in [0.717, 1.165) is 11.8 Å². The molecule has 1 heterocycles. The molecule has 108 valence electrons. The zero-order valence-electron chi connectivity index (χ0n) is 12.4. The summed E-state index contributed by atoms with van der Waals surface area (Å²) in [7, 11) is 0. The Morgan fingerprint density at radius 3 is 1.62 bits per heavy atom. The van der Waals surface area contributed by atoms with Crippen molar-refractivity contribution in [3.8, 4) is 0 Å². The van der Waals surface area contributed by atoms with Crippen molar-refractivity contribution in [1.82, 2.24) is 5.32 Å². The Labute approximate surface area is 127 Å². The van der Waals surface area contributed by atoms with Gasteiger partial charge in [-0.3, -0.25) is 0 Å². The highest BCUT2D eigenvalue weighted by Gasteiger charge is 2.39. The topological polar surface area (TPSA) is 12.0 Å². The van der Waals surface area contributed by atoms with Gasteiger partial charge in [0.05, 0.1) is 0 Å². The molecule has 1 aliphatic heterocycles. The first-order valence-corrected chi connectivity index (χ1v) is 8.28. The van der Waals surface area contributed by atoms with Gasteiger partial charge in [0.1, 0.15) is 0 Å². The lowest BCUT2D eigenvalue weighted by Crippen LogP contribution is -2.44. The standard InChI is InChI=1S/C20H23N/c1-3-8-15(9-4-1)19-17-12-7-13-18(14-17)20(21-19)16-10-5-2-6-11-16/h1-6,8-11,17-21H,7,12-14H2/t17-,18+,19+,20-. The second kappa shape index (κ2) is 5.65. The Bertz CT molecular complexity index is 526. The van der Waals surface area contributed by atoms with E-state index >= 15 is 0 Å². The van der Waals surface area contributed by atoms with Crippen LogP contribution in [-0.4, -0.2) is 0 Å². The Balaban J connectivity index is 1.66. The fourth-order valence-electron chi connectivity index (χ4n) is 4.40. The van der Waals surface area contributed by atoms with Gasteiger partial charge in [-0.2, -0.15) is 0 Å². The summed E-state index contributed by atoms with van der Waals surface area (Å²) in [6, 6.07) is 23.1. The molecule has 4 rings (SSSR count). The first-order chi connectivity index (χ1) is 10.4. The maximum Gasteiger partial charge on any atom is 0.0354 e. The van der Waals surface area contributed by atoms with Gasteiger partial charge in [0.2, 0.25) is 0 Å². The van der Waals surface area contributed by atoms with E-state index in [0.29, 0.717) is 12.1 Å². The highest BCUT2D eigenvalue weighted by molar-refractivity contribution is 5.26. The molecule has 0 unspecified atom stereocenters. The van der Waals surface area contributed by atoms with Crippen LogP contribution in [0.3, 0.4) is 0 Å². The summed E-state index contributed by atoms with van der Waals surface area (Å²) in [5.74, 6) is 1.62.